The summed E-state index contributed by atoms with van der Waals surface area (Å²) in [7, 11) is 1.78. The third-order valence-electron chi connectivity index (χ3n) is 7.63. The van der Waals surface area contributed by atoms with Crippen molar-refractivity contribution in [2.24, 2.45) is 7.05 Å². The molecule has 13 heteroatoms. The van der Waals surface area contributed by atoms with Crippen LogP contribution in [-0.2, 0) is 24.9 Å². The van der Waals surface area contributed by atoms with Crippen molar-refractivity contribution in [1.82, 2.24) is 24.9 Å². The summed E-state index contributed by atoms with van der Waals surface area (Å²) >= 11 is 1.47. The fraction of sp³-hybridized carbons (Fsp3) is 0.310. The normalized spacial score (nSPS) is 16.7. The molecule has 42 heavy (non-hydrogen) atoms. The molecule has 0 aliphatic carbocycles. The highest BCUT2D eigenvalue weighted by molar-refractivity contribution is 7.17. The lowest BCUT2D eigenvalue weighted by molar-refractivity contribution is -0.198. The van der Waals surface area contributed by atoms with Gasteiger partial charge in [0.1, 0.15) is 17.0 Å². The maximum absolute atomic E-state index is 14.0. The molecule has 0 spiro atoms. The van der Waals surface area contributed by atoms with Gasteiger partial charge in [0.15, 0.2) is 0 Å². The molecular formula is C29H26F3N5O4S. The highest BCUT2D eigenvalue weighted by Crippen LogP contribution is 2.38. The predicted octanol–water partition coefficient (Wildman–Crippen LogP) is 5.52. The summed E-state index contributed by atoms with van der Waals surface area (Å²) < 4.78 is 49.7. The van der Waals surface area contributed by atoms with Crippen LogP contribution >= 0.6 is 11.3 Å². The lowest BCUT2D eigenvalue weighted by Gasteiger charge is -2.26. The first kappa shape index (κ1) is 27.9. The summed E-state index contributed by atoms with van der Waals surface area (Å²) in [5.41, 5.74) is 4.81. The van der Waals surface area contributed by atoms with Gasteiger partial charge in [-0.3, -0.25) is 9.69 Å². The number of aromatic nitrogens is 4. The summed E-state index contributed by atoms with van der Waals surface area (Å²) in [5.74, 6) is -1.85. The van der Waals surface area contributed by atoms with Gasteiger partial charge in [0, 0.05) is 43.4 Å². The molecule has 0 radical (unpaired) electrons. The van der Waals surface area contributed by atoms with Crippen LogP contribution in [0.2, 0.25) is 0 Å². The standard InChI is InChI=1S/C29H26F3N5O4S/c1-15-19(3-4-22-27(15)34-35-36(22)2)20(11-26(39)40)17-9-16-7-8-42-28(16)18(10-17)12-37-13-21-23(5-6-25(38)33-21)41-24(14-37)29(30,31)32/h3-10,20,24H,11-14H2,1-2H3,(H,33,38)(H,39,40)/t20-,24-/m0/s1. The summed E-state index contributed by atoms with van der Waals surface area (Å²) in [6.45, 7) is 1.59. The second kappa shape index (κ2) is 10.6. The minimum Gasteiger partial charge on any atom is -0.493 e. The van der Waals surface area contributed by atoms with Crippen molar-refractivity contribution >= 4 is 38.4 Å². The molecule has 0 bridgehead atoms. The highest BCUT2D eigenvalue weighted by Gasteiger charge is 2.44. The molecule has 3 aromatic heterocycles. The van der Waals surface area contributed by atoms with Crippen LogP contribution in [0.15, 0.2) is 47.8 Å². The molecule has 218 valence electrons. The average Bonchev–Trinajstić information content (AvgIpc) is 3.50. The number of pyridine rings is 1. The monoisotopic (exact) mass is 597 g/mol. The second-order valence-electron chi connectivity index (χ2n) is 10.5. The molecule has 0 saturated heterocycles. The third-order valence-corrected chi connectivity index (χ3v) is 8.64. The number of carboxylic acids is 1. The smallest absolute Gasteiger partial charge is 0.426 e. The molecule has 2 N–H and O–H groups in total. The van der Waals surface area contributed by atoms with Crippen LogP contribution in [0.5, 0.6) is 11.6 Å². The molecular weight excluding hydrogens is 571 g/mol. The highest BCUT2D eigenvalue weighted by atomic mass is 32.1. The molecule has 5 aromatic rings. The van der Waals surface area contributed by atoms with Crippen LogP contribution in [0.3, 0.4) is 0 Å². The first-order valence-electron chi connectivity index (χ1n) is 13.1. The number of benzene rings is 2. The minimum absolute atomic E-state index is 0.0222. The number of aliphatic carboxylic acids is 1. The SMILES string of the molecule is Cc1c([C@@H](CC(=O)O)c2cc(CN3Cc4nc(O)ccc4O[C@H](C(F)(F)F)C3)c3sccc3c2)ccc2c1nnn2C. The van der Waals surface area contributed by atoms with Crippen molar-refractivity contribution in [1.29, 1.82) is 0 Å². The second-order valence-corrected chi connectivity index (χ2v) is 11.4. The Balaban J connectivity index is 1.43. The van der Waals surface area contributed by atoms with Gasteiger partial charge in [0.25, 0.3) is 0 Å². The van der Waals surface area contributed by atoms with Gasteiger partial charge in [0.2, 0.25) is 12.0 Å². The van der Waals surface area contributed by atoms with E-state index in [0.29, 0.717) is 5.52 Å². The van der Waals surface area contributed by atoms with Crippen molar-refractivity contribution in [2.75, 3.05) is 6.54 Å². The number of hydrogen-bond acceptors (Lipinski definition) is 8. The van der Waals surface area contributed by atoms with Crippen LogP contribution in [0.4, 0.5) is 13.2 Å². The summed E-state index contributed by atoms with van der Waals surface area (Å²) in [5, 5.41) is 30.9. The zero-order valence-corrected chi connectivity index (χ0v) is 23.4. The van der Waals surface area contributed by atoms with E-state index in [2.05, 4.69) is 15.3 Å². The van der Waals surface area contributed by atoms with Gasteiger partial charge in [-0.1, -0.05) is 17.3 Å². The number of aromatic hydroxyl groups is 1. The van der Waals surface area contributed by atoms with Gasteiger partial charge in [0.05, 0.1) is 11.9 Å². The number of nitrogens with zero attached hydrogens (tertiary/aromatic N) is 5. The molecule has 0 fully saturated rings. The summed E-state index contributed by atoms with van der Waals surface area (Å²) in [4.78, 5) is 17.7. The lowest BCUT2D eigenvalue weighted by Crippen LogP contribution is -2.42. The summed E-state index contributed by atoms with van der Waals surface area (Å²) in [6, 6.07) is 12.0. The van der Waals surface area contributed by atoms with E-state index in [1.165, 1.54) is 23.5 Å². The van der Waals surface area contributed by atoms with Crippen molar-refractivity contribution in [3.05, 3.63) is 75.8 Å². The molecule has 9 nitrogen and oxygen atoms in total. The van der Waals surface area contributed by atoms with E-state index in [4.69, 9.17) is 4.74 Å². The van der Waals surface area contributed by atoms with E-state index >= 15 is 0 Å². The van der Waals surface area contributed by atoms with Gasteiger partial charge in [-0.25, -0.2) is 9.67 Å². The molecule has 2 atom stereocenters. The fourth-order valence-corrected chi connectivity index (χ4v) is 6.53. The van der Waals surface area contributed by atoms with E-state index < -0.39 is 30.7 Å². The van der Waals surface area contributed by atoms with Crippen LogP contribution in [-0.4, -0.2) is 59.9 Å². The number of aryl methyl sites for hydroxylation is 2. The first-order valence-corrected chi connectivity index (χ1v) is 14.0. The number of ether oxygens (including phenoxy) is 1. The quantitative estimate of drug-likeness (QED) is 0.263. The first-order chi connectivity index (χ1) is 20.0. The number of rotatable bonds is 6. The molecule has 2 aromatic carbocycles. The third kappa shape index (κ3) is 5.25. The van der Waals surface area contributed by atoms with Gasteiger partial charge in [-0.15, -0.1) is 16.4 Å². The van der Waals surface area contributed by atoms with Crippen molar-refractivity contribution in [3.8, 4) is 11.6 Å². The van der Waals surface area contributed by atoms with Gasteiger partial charge < -0.3 is 14.9 Å². The zero-order chi connectivity index (χ0) is 29.8. The maximum atomic E-state index is 14.0. The Bertz CT molecular complexity index is 1820. The van der Waals surface area contributed by atoms with Crippen LogP contribution in [0.1, 0.15) is 40.3 Å². The fourth-order valence-electron chi connectivity index (χ4n) is 5.64. The molecule has 0 saturated carbocycles. The van der Waals surface area contributed by atoms with E-state index in [1.54, 1.807) is 16.6 Å². The number of halogens is 3. The van der Waals surface area contributed by atoms with Gasteiger partial charge >= 0.3 is 12.1 Å². The Kier molecular flexibility index (Phi) is 7.01. The number of alkyl halides is 3. The number of thiophene rings is 1. The van der Waals surface area contributed by atoms with Crippen LogP contribution in [0, 0.1) is 6.92 Å². The molecule has 1 aliphatic rings. The summed E-state index contributed by atoms with van der Waals surface area (Å²) in [6.07, 6.45) is -6.90. The van der Waals surface area contributed by atoms with Crippen molar-refractivity contribution < 1.29 is 32.9 Å². The zero-order valence-electron chi connectivity index (χ0n) is 22.6. The number of carbonyl (C=O) groups is 1. The average molecular weight is 598 g/mol. The van der Waals surface area contributed by atoms with E-state index in [0.717, 1.165) is 37.9 Å². The topological polar surface area (TPSA) is 114 Å². The van der Waals surface area contributed by atoms with E-state index in [9.17, 15) is 28.2 Å². The van der Waals surface area contributed by atoms with E-state index in [-0.39, 0.29) is 36.8 Å². The Morgan fingerprint density at radius 1 is 1.21 bits per heavy atom. The maximum Gasteiger partial charge on any atom is 0.426 e. The van der Waals surface area contributed by atoms with Gasteiger partial charge in [-0.05, 0) is 64.2 Å². The Morgan fingerprint density at radius 3 is 2.79 bits per heavy atom. The van der Waals surface area contributed by atoms with Gasteiger partial charge in [-0.2, -0.15) is 13.2 Å². The molecule has 1 aliphatic heterocycles. The van der Waals surface area contributed by atoms with Crippen molar-refractivity contribution in [2.45, 2.75) is 44.6 Å². The molecule has 0 amide bonds. The Morgan fingerprint density at radius 2 is 2.02 bits per heavy atom. The predicted molar refractivity (Wildman–Crippen MR) is 150 cm³/mol. The largest absolute Gasteiger partial charge is 0.493 e. The number of carboxylic acid groups (broad SMARTS) is 1. The lowest BCUT2D eigenvalue weighted by atomic mass is 9.84. The Labute approximate surface area is 241 Å². The minimum atomic E-state index is -4.62. The molecule has 0 unspecified atom stereocenters. The molecule has 6 rings (SSSR count). The van der Waals surface area contributed by atoms with E-state index in [1.807, 2.05) is 42.6 Å². The number of hydrogen-bond donors (Lipinski definition) is 2. The molecule has 4 heterocycles. The van der Waals surface area contributed by atoms with Crippen molar-refractivity contribution in [3.63, 3.8) is 0 Å². The Hall–Kier alpha value is -4.23. The van der Waals surface area contributed by atoms with Crippen LogP contribution in [0.25, 0.3) is 21.1 Å². The number of fused-ring (bicyclic) bond motifs is 3. The van der Waals surface area contributed by atoms with Crippen LogP contribution < -0.4 is 4.74 Å².